The van der Waals surface area contributed by atoms with Gasteiger partial charge in [-0.15, -0.1) is 0 Å². The maximum Gasteiger partial charge on any atom is 0.159 e. The van der Waals surface area contributed by atoms with Crippen LogP contribution in [0.3, 0.4) is 0 Å². The van der Waals surface area contributed by atoms with E-state index >= 15 is 0 Å². The lowest BCUT2D eigenvalue weighted by atomic mass is 10.1. The Morgan fingerprint density at radius 1 is 1.29 bits per heavy atom. The van der Waals surface area contributed by atoms with Crippen molar-refractivity contribution in [3.63, 3.8) is 0 Å². The van der Waals surface area contributed by atoms with Crippen LogP contribution in [0.4, 0.5) is 0 Å². The number of benzene rings is 1. The minimum atomic E-state index is 0.110. The quantitative estimate of drug-likeness (QED) is 0.393. The van der Waals surface area contributed by atoms with Crippen LogP contribution in [0, 0.1) is 0 Å². The van der Waals surface area contributed by atoms with E-state index in [0.29, 0.717) is 0 Å². The van der Waals surface area contributed by atoms with E-state index < -0.39 is 0 Å². The first-order chi connectivity index (χ1) is 8.24. The van der Waals surface area contributed by atoms with Crippen LogP contribution in [0.25, 0.3) is 6.08 Å². The summed E-state index contributed by atoms with van der Waals surface area (Å²) in [5, 5.41) is 0. The molecule has 0 saturated carbocycles. The molecular weight excluding hydrogens is 208 g/mol. The third kappa shape index (κ3) is 5.30. The van der Waals surface area contributed by atoms with Gasteiger partial charge in [-0.1, -0.05) is 62.3 Å². The average molecular weight is 228 g/mol. The van der Waals surface area contributed by atoms with Gasteiger partial charge in [0.2, 0.25) is 0 Å². The summed E-state index contributed by atoms with van der Waals surface area (Å²) in [4.78, 5) is 11.2. The van der Waals surface area contributed by atoms with Gasteiger partial charge < -0.3 is 0 Å². The molecule has 0 saturated heterocycles. The molecule has 1 nitrogen and oxygen atoms in total. The summed E-state index contributed by atoms with van der Waals surface area (Å²) < 4.78 is 0. The van der Waals surface area contributed by atoms with Crippen LogP contribution >= 0.6 is 0 Å². The highest BCUT2D eigenvalue weighted by Crippen LogP contribution is 2.08. The second-order valence-electron chi connectivity index (χ2n) is 4.11. The minimum Gasteiger partial charge on any atom is -0.295 e. The van der Waals surface area contributed by atoms with Gasteiger partial charge in [0.1, 0.15) is 0 Å². The first-order valence-electron chi connectivity index (χ1n) is 6.18. The van der Waals surface area contributed by atoms with Crippen LogP contribution in [-0.2, 0) is 0 Å². The zero-order valence-electron chi connectivity index (χ0n) is 10.6. The number of ketones is 1. The molecule has 0 aliphatic rings. The first-order valence-corrected chi connectivity index (χ1v) is 6.18. The summed E-state index contributed by atoms with van der Waals surface area (Å²) in [6.45, 7) is 3.78. The molecule has 0 unspecified atom stereocenters. The molecule has 0 aromatic heterocycles. The lowest BCUT2D eigenvalue weighted by Gasteiger charge is -1.96. The fourth-order valence-corrected chi connectivity index (χ4v) is 1.52. The number of rotatable bonds is 6. The van der Waals surface area contributed by atoms with Gasteiger partial charge in [0.05, 0.1) is 0 Å². The van der Waals surface area contributed by atoms with Crippen LogP contribution in [-0.4, -0.2) is 5.78 Å². The lowest BCUT2D eigenvalue weighted by molar-refractivity contribution is 0.101. The third-order valence-electron chi connectivity index (χ3n) is 2.55. The van der Waals surface area contributed by atoms with Crippen molar-refractivity contribution >= 4 is 11.9 Å². The molecule has 0 N–H and O–H groups in total. The van der Waals surface area contributed by atoms with E-state index in [1.807, 2.05) is 36.4 Å². The average Bonchev–Trinajstić information content (AvgIpc) is 2.34. The molecule has 1 aromatic rings. The molecule has 0 aliphatic heterocycles. The van der Waals surface area contributed by atoms with Crippen molar-refractivity contribution in [2.24, 2.45) is 0 Å². The van der Waals surface area contributed by atoms with E-state index in [1.54, 1.807) is 6.92 Å². The lowest BCUT2D eigenvalue weighted by Crippen LogP contribution is -1.91. The Labute approximate surface area is 104 Å². The summed E-state index contributed by atoms with van der Waals surface area (Å²) in [5.74, 6) is 0.110. The highest BCUT2D eigenvalue weighted by molar-refractivity contribution is 5.94. The molecule has 0 spiro atoms. The number of allylic oxidation sites excluding steroid dienone is 3. The monoisotopic (exact) mass is 228 g/mol. The van der Waals surface area contributed by atoms with Gasteiger partial charge in [-0.2, -0.15) is 0 Å². The number of carbonyl (C=O) groups excluding carboxylic acids is 1. The van der Waals surface area contributed by atoms with Gasteiger partial charge in [-0.05, 0) is 25.0 Å². The van der Waals surface area contributed by atoms with Crippen molar-refractivity contribution < 1.29 is 4.79 Å². The molecule has 17 heavy (non-hydrogen) atoms. The van der Waals surface area contributed by atoms with E-state index in [1.165, 1.54) is 12.8 Å². The van der Waals surface area contributed by atoms with Gasteiger partial charge >= 0.3 is 0 Å². The second kappa shape index (κ2) is 7.61. The Hall–Kier alpha value is -1.63. The Bertz CT molecular complexity index is 413. The fraction of sp³-hybridized carbons (Fsp3) is 0.312. The van der Waals surface area contributed by atoms with Gasteiger partial charge in [0.25, 0.3) is 0 Å². The molecule has 90 valence electrons. The molecule has 0 radical (unpaired) electrons. The zero-order valence-corrected chi connectivity index (χ0v) is 10.6. The van der Waals surface area contributed by atoms with Crippen LogP contribution in [0.15, 0.2) is 42.5 Å². The molecule has 0 aliphatic carbocycles. The van der Waals surface area contributed by atoms with Crippen molar-refractivity contribution in [2.75, 3.05) is 0 Å². The van der Waals surface area contributed by atoms with E-state index in [9.17, 15) is 4.79 Å². The van der Waals surface area contributed by atoms with Gasteiger partial charge in [-0.25, -0.2) is 0 Å². The van der Waals surface area contributed by atoms with Crippen molar-refractivity contribution in [3.05, 3.63) is 53.6 Å². The van der Waals surface area contributed by atoms with E-state index in [-0.39, 0.29) is 5.78 Å². The number of hydrogen-bond donors (Lipinski definition) is 0. The number of Topliss-reactive ketones (excluding diaryl/α,β-unsaturated/α-hetero) is 1. The smallest absolute Gasteiger partial charge is 0.159 e. The van der Waals surface area contributed by atoms with Crippen LogP contribution < -0.4 is 0 Å². The highest BCUT2D eigenvalue weighted by atomic mass is 16.1. The predicted octanol–water partition coefficient (Wildman–Crippen LogP) is 4.65. The molecule has 1 aromatic carbocycles. The third-order valence-corrected chi connectivity index (χ3v) is 2.55. The fourth-order valence-electron chi connectivity index (χ4n) is 1.52. The van der Waals surface area contributed by atoms with Crippen molar-refractivity contribution in [1.29, 1.82) is 0 Å². The van der Waals surface area contributed by atoms with Crippen LogP contribution in [0.1, 0.15) is 49.0 Å². The maximum atomic E-state index is 11.2. The van der Waals surface area contributed by atoms with Crippen molar-refractivity contribution in [2.45, 2.75) is 33.1 Å². The molecular formula is C16H20O. The molecule has 0 fully saturated rings. The summed E-state index contributed by atoms with van der Waals surface area (Å²) in [6.07, 6.45) is 11.9. The van der Waals surface area contributed by atoms with Gasteiger partial charge in [-0.3, -0.25) is 4.79 Å². The Kier molecular flexibility index (Phi) is 6.02. The van der Waals surface area contributed by atoms with Gasteiger partial charge in [0, 0.05) is 5.56 Å². The van der Waals surface area contributed by atoms with Crippen LogP contribution in [0.2, 0.25) is 0 Å². The summed E-state index contributed by atoms with van der Waals surface area (Å²) in [6, 6.07) is 7.68. The predicted molar refractivity (Wildman–Crippen MR) is 74.1 cm³/mol. The zero-order chi connectivity index (χ0) is 12.5. The second-order valence-corrected chi connectivity index (χ2v) is 4.11. The van der Waals surface area contributed by atoms with Gasteiger partial charge in [0.15, 0.2) is 5.78 Å². The van der Waals surface area contributed by atoms with E-state index in [4.69, 9.17) is 0 Å². The molecule has 0 heterocycles. The number of unbranched alkanes of at least 4 members (excludes halogenated alkanes) is 2. The Morgan fingerprint density at radius 2 is 2.12 bits per heavy atom. The molecule has 1 heteroatoms. The minimum absolute atomic E-state index is 0.110. The standard InChI is InChI=1S/C16H20O/c1-3-4-5-6-7-8-10-15-11-9-12-16(13-15)14(2)17/h6-13H,3-5H2,1-2H3/b7-6-,10-8+. The van der Waals surface area contributed by atoms with Crippen molar-refractivity contribution in [3.8, 4) is 0 Å². The summed E-state index contributed by atoms with van der Waals surface area (Å²) in [5.41, 5.74) is 1.83. The Morgan fingerprint density at radius 3 is 2.82 bits per heavy atom. The SMILES string of the molecule is CCCC/C=C\C=C\c1cccc(C(C)=O)c1. The van der Waals surface area contributed by atoms with E-state index in [0.717, 1.165) is 17.5 Å². The largest absolute Gasteiger partial charge is 0.295 e. The Balaban J connectivity index is 2.56. The van der Waals surface area contributed by atoms with Crippen LogP contribution in [0.5, 0.6) is 0 Å². The van der Waals surface area contributed by atoms with E-state index in [2.05, 4.69) is 19.1 Å². The topological polar surface area (TPSA) is 17.1 Å². The summed E-state index contributed by atoms with van der Waals surface area (Å²) >= 11 is 0. The van der Waals surface area contributed by atoms with Crippen molar-refractivity contribution in [1.82, 2.24) is 0 Å². The molecule has 0 atom stereocenters. The summed E-state index contributed by atoms with van der Waals surface area (Å²) in [7, 11) is 0. The maximum absolute atomic E-state index is 11.2. The normalized spacial score (nSPS) is 11.4. The number of hydrogen-bond acceptors (Lipinski definition) is 1. The highest BCUT2D eigenvalue weighted by Gasteiger charge is 1.97. The molecule has 0 amide bonds. The first kappa shape index (κ1) is 13.4. The number of carbonyl (C=O) groups is 1. The molecule has 1 rings (SSSR count). The molecule has 0 bridgehead atoms.